The van der Waals surface area contributed by atoms with Gasteiger partial charge in [-0.2, -0.15) is 0 Å². The fourth-order valence-corrected chi connectivity index (χ4v) is 3.82. The molecule has 1 unspecified atom stereocenters. The lowest BCUT2D eigenvalue weighted by Gasteiger charge is -2.26. The van der Waals surface area contributed by atoms with E-state index in [4.69, 9.17) is 5.73 Å². The van der Waals surface area contributed by atoms with Crippen molar-refractivity contribution in [2.24, 2.45) is 5.73 Å². The van der Waals surface area contributed by atoms with Crippen LogP contribution in [0.3, 0.4) is 0 Å². The largest absolute Gasteiger partial charge is 0.329 e. The zero-order valence-corrected chi connectivity index (χ0v) is 14.2. The van der Waals surface area contributed by atoms with Crippen molar-refractivity contribution < 1.29 is 0 Å². The van der Waals surface area contributed by atoms with E-state index in [1.807, 2.05) is 0 Å². The molecule has 0 saturated carbocycles. The Kier molecular flexibility index (Phi) is 6.23. The summed E-state index contributed by atoms with van der Waals surface area (Å²) in [5, 5.41) is 2.13. The monoisotopic (exact) mass is 352 g/mol. The van der Waals surface area contributed by atoms with Crippen molar-refractivity contribution in [3.8, 4) is 0 Å². The molecule has 2 aromatic rings. The van der Waals surface area contributed by atoms with Crippen LogP contribution in [0.15, 0.2) is 46.3 Å². The zero-order chi connectivity index (χ0) is 14.4. The molecule has 108 valence electrons. The Bertz CT molecular complexity index is 512. The maximum Gasteiger partial charge on any atom is 0.0328 e. The predicted molar refractivity (Wildman–Crippen MR) is 91.1 cm³/mol. The van der Waals surface area contributed by atoms with Crippen LogP contribution in [-0.4, -0.2) is 24.5 Å². The van der Waals surface area contributed by atoms with E-state index < -0.39 is 0 Å². The van der Waals surface area contributed by atoms with Crippen molar-refractivity contribution >= 4 is 27.3 Å². The lowest BCUT2D eigenvalue weighted by molar-refractivity contribution is 0.229. The molecule has 1 aromatic carbocycles. The summed E-state index contributed by atoms with van der Waals surface area (Å²) >= 11 is 5.30. The quantitative estimate of drug-likeness (QED) is 0.818. The van der Waals surface area contributed by atoms with Gasteiger partial charge >= 0.3 is 0 Å². The fourth-order valence-electron chi connectivity index (χ4n) is 2.31. The lowest BCUT2D eigenvalue weighted by Crippen LogP contribution is -2.37. The lowest BCUT2D eigenvalue weighted by atomic mass is 10.0. The molecule has 2 N–H and O–H groups in total. The molecule has 0 spiro atoms. The summed E-state index contributed by atoms with van der Waals surface area (Å²) in [6, 6.07) is 13.2. The van der Waals surface area contributed by atoms with E-state index in [2.05, 4.69) is 69.7 Å². The highest BCUT2D eigenvalue weighted by molar-refractivity contribution is 9.10. The number of nitrogens with two attached hydrogens (primary N) is 1. The van der Waals surface area contributed by atoms with Crippen LogP contribution in [0.25, 0.3) is 0 Å². The van der Waals surface area contributed by atoms with Gasteiger partial charge in [-0.15, -0.1) is 11.3 Å². The summed E-state index contributed by atoms with van der Waals surface area (Å²) in [5.74, 6) is 0. The molecule has 0 bridgehead atoms. The molecule has 1 atom stereocenters. The number of thiophene rings is 1. The van der Waals surface area contributed by atoms with Gasteiger partial charge in [-0.05, 0) is 47.4 Å². The minimum absolute atomic E-state index is 0.427. The number of benzene rings is 1. The number of likely N-dealkylation sites (N-methyl/N-ethyl adjacent to an activating group) is 1. The zero-order valence-electron chi connectivity index (χ0n) is 11.8. The predicted octanol–water partition coefficient (Wildman–Crippen LogP) is 3.90. The topological polar surface area (TPSA) is 29.3 Å². The second kappa shape index (κ2) is 7.93. The third-order valence-electron chi connectivity index (χ3n) is 3.53. The Morgan fingerprint density at radius 3 is 2.65 bits per heavy atom. The van der Waals surface area contributed by atoms with Gasteiger partial charge in [-0.25, -0.2) is 0 Å². The van der Waals surface area contributed by atoms with Crippen molar-refractivity contribution in [3.05, 3.63) is 56.7 Å². The summed E-state index contributed by atoms with van der Waals surface area (Å²) in [6.45, 7) is 1.67. The first-order valence-corrected chi connectivity index (χ1v) is 8.53. The van der Waals surface area contributed by atoms with Crippen LogP contribution < -0.4 is 5.73 Å². The maximum absolute atomic E-state index is 5.95. The van der Waals surface area contributed by atoms with Crippen LogP contribution in [0, 0.1) is 0 Å². The van der Waals surface area contributed by atoms with Crippen molar-refractivity contribution in [2.45, 2.75) is 25.4 Å². The van der Waals surface area contributed by atoms with Crippen LogP contribution in [0.4, 0.5) is 0 Å². The first-order valence-electron chi connectivity index (χ1n) is 6.86. The highest BCUT2D eigenvalue weighted by Gasteiger charge is 2.14. The summed E-state index contributed by atoms with van der Waals surface area (Å²) in [6.07, 6.45) is 2.19. The first-order chi connectivity index (χ1) is 9.69. The number of rotatable bonds is 7. The Morgan fingerprint density at radius 1 is 1.30 bits per heavy atom. The molecule has 0 aliphatic heterocycles. The van der Waals surface area contributed by atoms with Crippen LogP contribution in [0.5, 0.6) is 0 Å². The van der Waals surface area contributed by atoms with Crippen molar-refractivity contribution in [3.63, 3.8) is 0 Å². The number of hydrogen-bond acceptors (Lipinski definition) is 3. The van der Waals surface area contributed by atoms with E-state index in [9.17, 15) is 0 Å². The summed E-state index contributed by atoms with van der Waals surface area (Å²) < 4.78 is 1.17. The van der Waals surface area contributed by atoms with E-state index in [-0.39, 0.29) is 0 Å². The Labute approximate surface area is 133 Å². The molecule has 0 saturated heterocycles. The maximum atomic E-state index is 5.95. The fraction of sp³-hybridized carbons (Fsp3) is 0.375. The molecule has 0 fully saturated rings. The van der Waals surface area contributed by atoms with Crippen molar-refractivity contribution in [1.29, 1.82) is 0 Å². The van der Waals surface area contributed by atoms with Crippen molar-refractivity contribution in [1.82, 2.24) is 4.90 Å². The highest BCUT2D eigenvalue weighted by atomic mass is 79.9. The van der Waals surface area contributed by atoms with E-state index >= 15 is 0 Å². The van der Waals surface area contributed by atoms with E-state index in [0.717, 1.165) is 19.4 Å². The molecule has 0 aliphatic rings. The molecular weight excluding hydrogens is 332 g/mol. The average molecular weight is 353 g/mol. The number of nitrogens with zero attached hydrogens (tertiary/aromatic N) is 1. The Hall–Kier alpha value is -0.680. The van der Waals surface area contributed by atoms with Gasteiger partial charge in [-0.1, -0.05) is 30.3 Å². The molecule has 1 heterocycles. The summed E-state index contributed by atoms with van der Waals surface area (Å²) in [5.41, 5.74) is 7.34. The molecule has 0 aliphatic carbocycles. The second-order valence-corrected chi connectivity index (χ2v) is 6.97. The van der Waals surface area contributed by atoms with Crippen LogP contribution in [0.1, 0.15) is 16.9 Å². The van der Waals surface area contributed by atoms with Crippen molar-refractivity contribution in [2.75, 3.05) is 13.6 Å². The van der Waals surface area contributed by atoms with Crippen LogP contribution >= 0.6 is 27.3 Å². The molecule has 20 heavy (non-hydrogen) atoms. The molecule has 1 aromatic heterocycles. The molecular formula is C16H21BrN2S. The Morgan fingerprint density at radius 2 is 2.05 bits per heavy atom. The van der Waals surface area contributed by atoms with Gasteiger partial charge in [0.1, 0.15) is 0 Å². The van der Waals surface area contributed by atoms with Gasteiger partial charge in [-0.3, -0.25) is 4.90 Å². The summed E-state index contributed by atoms with van der Waals surface area (Å²) in [4.78, 5) is 3.74. The SMILES string of the molecule is CN(Cc1cc(Br)cs1)C(CN)CCc1ccccc1. The Balaban J connectivity index is 1.87. The molecule has 2 nitrogen and oxygen atoms in total. The van der Waals surface area contributed by atoms with Gasteiger partial charge in [0.15, 0.2) is 0 Å². The molecule has 4 heteroatoms. The normalized spacial score (nSPS) is 12.8. The average Bonchev–Trinajstić information content (AvgIpc) is 2.86. The van der Waals surface area contributed by atoms with Crippen LogP contribution in [0.2, 0.25) is 0 Å². The van der Waals surface area contributed by atoms with Gasteiger partial charge in [0, 0.05) is 33.9 Å². The number of aryl methyl sites for hydroxylation is 1. The third kappa shape index (κ3) is 4.70. The first kappa shape index (κ1) is 15.7. The molecule has 0 amide bonds. The van der Waals surface area contributed by atoms with E-state index in [0.29, 0.717) is 12.6 Å². The summed E-state index contributed by atoms with van der Waals surface area (Å²) in [7, 11) is 2.16. The second-order valence-electron chi connectivity index (χ2n) is 5.06. The van der Waals surface area contributed by atoms with E-state index in [1.165, 1.54) is 14.9 Å². The highest BCUT2D eigenvalue weighted by Crippen LogP contribution is 2.22. The number of halogens is 1. The van der Waals surface area contributed by atoms with Gasteiger partial charge in [0.2, 0.25) is 0 Å². The third-order valence-corrected chi connectivity index (χ3v) is 5.21. The molecule has 2 rings (SSSR count). The minimum atomic E-state index is 0.427. The smallest absolute Gasteiger partial charge is 0.0328 e. The van der Waals surface area contributed by atoms with Gasteiger partial charge in [0.25, 0.3) is 0 Å². The van der Waals surface area contributed by atoms with Gasteiger partial charge in [0.05, 0.1) is 0 Å². The van der Waals surface area contributed by atoms with E-state index in [1.54, 1.807) is 11.3 Å². The number of hydrogen-bond donors (Lipinski definition) is 1. The minimum Gasteiger partial charge on any atom is -0.329 e. The van der Waals surface area contributed by atoms with Gasteiger partial charge < -0.3 is 5.73 Å². The van der Waals surface area contributed by atoms with Crippen LogP contribution in [-0.2, 0) is 13.0 Å². The standard InChI is InChI=1S/C16H21BrN2S/c1-19(11-16-9-14(17)12-20-16)15(10-18)8-7-13-5-3-2-4-6-13/h2-6,9,12,15H,7-8,10-11,18H2,1H3. The molecule has 0 radical (unpaired) electrons.